The van der Waals surface area contributed by atoms with E-state index in [4.69, 9.17) is 11.8 Å². The van der Waals surface area contributed by atoms with Gasteiger partial charge in [-0.2, -0.15) is 0 Å². The molecule has 0 saturated heterocycles. The van der Waals surface area contributed by atoms with Crippen LogP contribution in [0.15, 0.2) is 17.5 Å². The minimum atomic E-state index is 0.988. The minimum absolute atomic E-state index is 0.988. The molecule has 0 aliphatic heterocycles. The Labute approximate surface area is 51.0 Å². The third-order valence-corrected chi connectivity index (χ3v) is 1.72. The largest absolute Gasteiger partial charge is 0.290 e. The summed E-state index contributed by atoms with van der Waals surface area (Å²) in [4.78, 5) is 2.50. The van der Waals surface area contributed by atoms with E-state index in [0.717, 1.165) is 5.00 Å². The van der Waals surface area contributed by atoms with E-state index in [0.29, 0.717) is 0 Å². The van der Waals surface area contributed by atoms with Gasteiger partial charge < -0.3 is 0 Å². The summed E-state index contributed by atoms with van der Waals surface area (Å²) in [5, 5.41) is 2.95. The summed E-state index contributed by atoms with van der Waals surface area (Å²) in [5.41, 5.74) is 0. The quantitative estimate of drug-likeness (QED) is 0.580. The Balaban J connectivity index is 2.76. The lowest BCUT2D eigenvalue weighted by Crippen LogP contribution is -1.67. The van der Waals surface area contributed by atoms with Crippen molar-refractivity contribution in [1.82, 2.24) is 0 Å². The Morgan fingerprint density at radius 3 is 2.86 bits per heavy atom. The molecule has 0 aromatic carbocycles. The van der Waals surface area contributed by atoms with Crippen LogP contribution in [0, 0.1) is 0 Å². The minimum Gasteiger partial charge on any atom is -0.290 e. The highest BCUT2D eigenvalue weighted by Gasteiger charge is 1.82. The fourth-order valence-electron chi connectivity index (χ4n) is 0.332. The Kier molecular flexibility index (Phi) is 1.54. The van der Waals surface area contributed by atoms with E-state index < -0.39 is 0 Å². The predicted molar refractivity (Wildman–Crippen MR) is 33.8 cm³/mol. The molecule has 0 fully saturated rings. The topological polar surface area (TPSA) is 12.0 Å². The molecule has 0 radical (unpaired) electrons. The van der Waals surface area contributed by atoms with Crippen LogP contribution < -0.4 is 4.84 Å². The maximum atomic E-state index is 5.23. The smallest absolute Gasteiger partial charge is 0.103 e. The molecule has 1 N–H and O–H groups in total. The van der Waals surface area contributed by atoms with Crippen molar-refractivity contribution >= 4 is 28.1 Å². The van der Waals surface area contributed by atoms with Gasteiger partial charge in [-0.1, -0.05) is 0 Å². The lowest BCUT2D eigenvalue weighted by molar-refractivity contribution is 1.92. The van der Waals surface area contributed by atoms with Crippen LogP contribution in [0.4, 0.5) is 5.00 Å². The molecule has 0 spiro atoms. The van der Waals surface area contributed by atoms with Crippen molar-refractivity contribution < 1.29 is 0 Å². The molecule has 1 nitrogen and oxygen atoms in total. The molecule has 7 heavy (non-hydrogen) atoms. The highest BCUT2D eigenvalue weighted by atomic mass is 35.5. The number of nitrogens with one attached hydrogen (secondary N) is 1. The van der Waals surface area contributed by atoms with Crippen molar-refractivity contribution in [3.05, 3.63) is 17.5 Å². The number of hydrogen-bond acceptors (Lipinski definition) is 2. The lowest BCUT2D eigenvalue weighted by atomic mass is 10.6. The van der Waals surface area contributed by atoms with Gasteiger partial charge in [0, 0.05) is 11.8 Å². The van der Waals surface area contributed by atoms with Gasteiger partial charge in [0.25, 0.3) is 0 Å². The number of thiophene rings is 1. The molecule has 0 amide bonds. The van der Waals surface area contributed by atoms with E-state index in [-0.39, 0.29) is 0 Å². The second-order valence-corrected chi connectivity index (χ2v) is 2.21. The molecule has 0 aliphatic rings. The zero-order valence-electron chi connectivity index (χ0n) is 3.52. The molecular weight excluding hydrogens is 130 g/mol. The summed E-state index contributed by atoms with van der Waals surface area (Å²) in [7, 11) is 0. The highest BCUT2D eigenvalue weighted by molar-refractivity contribution is 7.14. The summed E-state index contributed by atoms with van der Waals surface area (Å²) in [6.45, 7) is 0. The fourth-order valence-corrected chi connectivity index (χ4v) is 1.03. The molecule has 0 bridgehead atoms. The van der Waals surface area contributed by atoms with Crippen molar-refractivity contribution in [2.75, 3.05) is 4.84 Å². The first-order valence-electron chi connectivity index (χ1n) is 1.83. The van der Waals surface area contributed by atoms with E-state index in [9.17, 15) is 0 Å². The van der Waals surface area contributed by atoms with Gasteiger partial charge in [0.15, 0.2) is 0 Å². The van der Waals surface area contributed by atoms with Crippen LogP contribution >= 0.6 is 23.1 Å². The average molecular weight is 134 g/mol. The monoisotopic (exact) mass is 133 g/mol. The molecule has 1 rings (SSSR count). The molecule has 1 aromatic heterocycles. The number of rotatable bonds is 1. The summed E-state index contributed by atoms with van der Waals surface area (Å²) < 4.78 is 0. The van der Waals surface area contributed by atoms with Crippen LogP contribution in [0.25, 0.3) is 0 Å². The van der Waals surface area contributed by atoms with Gasteiger partial charge in [-0.3, -0.25) is 4.84 Å². The van der Waals surface area contributed by atoms with Crippen molar-refractivity contribution in [3.8, 4) is 0 Å². The molecule has 0 atom stereocenters. The zero-order chi connectivity index (χ0) is 5.11. The van der Waals surface area contributed by atoms with E-state index >= 15 is 0 Å². The zero-order valence-corrected chi connectivity index (χ0v) is 5.09. The molecule has 3 heteroatoms. The third kappa shape index (κ3) is 1.08. The van der Waals surface area contributed by atoms with Crippen molar-refractivity contribution in [1.29, 1.82) is 0 Å². The van der Waals surface area contributed by atoms with Crippen molar-refractivity contribution in [2.45, 2.75) is 0 Å². The summed E-state index contributed by atoms with van der Waals surface area (Å²) in [6, 6.07) is 3.85. The second kappa shape index (κ2) is 2.19. The van der Waals surface area contributed by atoms with Gasteiger partial charge in [0.1, 0.15) is 5.00 Å². The van der Waals surface area contributed by atoms with Gasteiger partial charge in [-0.15, -0.1) is 11.3 Å². The van der Waals surface area contributed by atoms with Crippen LogP contribution in [0.2, 0.25) is 0 Å². The summed E-state index contributed by atoms with van der Waals surface area (Å²) in [5.74, 6) is 0. The van der Waals surface area contributed by atoms with Gasteiger partial charge in [0.05, 0.1) is 0 Å². The first-order valence-corrected chi connectivity index (χ1v) is 3.09. The maximum Gasteiger partial charge on any atom is 0.103 e. The van der Waals surface area contributed by atoms with Gasteiger partial charge in [0.2, 0.25) is 0 Å². The number of anilines is 1. The predicted octanol–water partition coefficient (Wildman–Crippen LogP) is 2.31. The normalized spacial score (nSPS) is 8.71. The van der Waals surface area contributed by atoms with Crippen LogP contribution in [0.5, 0.6) is 0 Å². The van der Waals surface area contributed by atoms with Gasteiger partial charge in [-0.05, 0) is 17.5 Å². The van der Waals surface area contributed by atoms with Crippen molar-refractivity contribution in [3.63, 3.8) is 0 Å². The SMILES string of the molecule is ClNc1cccs1. The van der Waals surface area contributed by atoms with Gasteiger partial charge >= 0.3 is 0 Å². The lowest BCUT2D eigenvalue weighted by Gasteiger charge is -1.82. The van der Waals surface area contributed by atoms with Crippen LogP contribution in [0.3, 0.4) is 0 Å². The Bertz CT molecular complexity index is 126. The van der Waals surface area contributed by atoms with Crippen molar-refractivity contribution in [2.24, 2.45) is 0 Å². The molecule has 0 saturated carbocycles. The van der Waals surface area contributed by atoms with E-state index in [1.54, 1.807) is 11.3 Å². The standard InChI is InChI=1S/C4H4ClNS/c5-6-4-2-1-3-7-4/h1-3,6H. The molecule has 38 valence electrons. The number of hydrogen-bond donors (Lipinski definition) is 1. The number of halogens is 1. The summed E-state index contributed by atoms with van der Waals surface area (Å²) >= 11 is 6.81. The average Bonchev–Trinajstić information content (AvgIpc) is 2.14. The Morgan fingerprint density at radius 2 is 2.57 bits per heavy atom. The molecular formula is C4H4ClNS. The summed E-state index contributed by atoms with van der Waals surface area (Å²) in [6.07, 6.45) is 0. The molecule has 0 unspecified atom stereocenters. The van der Waals surface area contributed by atoms with Crippen LogP contribution in [-0.4, -0.2) is 0 Å². The van der Waals surface area contributed by atoms with E-state index in [1.807, 2.05) is 17.5 Å². The molecule has 0 aliphatic carbocycles. The Morgan fingerprint density at radius 1 is 1.71 bits per heavy atom. The first-order chi connectivity index (χ1) is 3.43. The third-order valence-electron chi connectivity index (χ3n) is 0.614. The van der Waals surface area contributed by atoms with Crippen LogP contribution in [0.1, 0.15) is 0 Å². The Hall–Kier alpha value is -0.210. The highest BCUT2D eigenvalue weighted by Crippen LogP contribution is 2.14. The van der Waals surface area contributed by atoms with E-state index in [1.165, 1.54) is 0 Å². The van der Waals surface area contributed by atoms with Crippen LogP contribution in [-0.2, 0) is 0 Å². The molecule has 1 aromatic rings. The first kappa shape index (κ1) is 4.94. The fraction of sp³-hybridized carbons (Fsp3) is 0. The maximum absolute atomic E-state index is 5.23. The van der Waals surface area contributed by atoms with Gasteiger partial charge in [-0.25, -0.2) is 0 Å². The molecule has 1 heterocycles. The van der Waals surface area contributed by atoms with E-state index in [2.05, 4.69) is 4.84 Å². The second-order valence-electron chi connectivity index (χ2n) is 1.07.